The van der Waals surface area contributed by atoms with Crippen LogP contribution in [0.4, 0.5) is 10.5 Å². The number of rotatable bonds is 6. The minimum absolute atomic E-state index is 0.000214. The molecular formula is C22H26N4O4. The number of anilines is 1. The van der Waals surface area contributed by atoms with E-state index in [4.69, 9.17) is 9.47 Å². The lowest BCUT2D eigenvalue weighted by molar-refractivity contribution is -0.135. The number of carbonyl (C=O) groups is 2. The Labute approximate surface area is 175 Å². The van der Waals surface area contributed by atoms with Gasteiger partial charge in [-0.05, 0) is 48.4 Å². The van der Waals surface area contributed by atoms with Crippen LogP contribution in [0.15, 0.2) is 60.1 Å². The van der Waals surface area contributed by atoms with Crippen LogP contribution in [0.3, 0.4) is 0 Å². The monoisotopic (exact) mass is 410 g/mol. The highest BCUT2D eigenvalue weighted by molar-refractivity contribution is 5.91. The number of dihydropyridines is 1. The number of hydrogen-bond acceptors (Lipinski definition) is 5. The summed E-state index contributed by atoms with van der Waals surface area (Å²) in [4.78, 5) is 28.0. The molecule has 1 unspecified atom stereocenters. The van der Waals surface area contributed by atoms with Gasteiger partial charge in [-0.15, -0.1) is 0 Å². The SMILES string of the molecule is CCOCC(=O)N1CCC(Oc2ccc(NC(=O)N3C=C4C=CNC=C4C3)cc2)C1. The van der Waals surface area contributed by atoms with E-state index in [0.29, 0.717) is 37.7 Å². The Morgan fingerprint density at radius 3 is 2.87 bits per heavy atom. The molecular weight excluding hydrogens is 384 g/mol. The predicted molar refractivity (Wildman–Crippen MR) is 113 cm³/mol. The summed E-state index contributed by atoms with van der Waals surface area (Å²) < 4.78 is 11.2. The Balaban J connectivity index is 1.27. The van der Waals surface area contributed by atoms with Crippen molar-refractivity contribution < 1.29 is 19.1 Å². The van der Waals surface area contributed by atoms with Crippen LogP contribution in [-0.4, -0.2) is 60.7 Å². The molecule has 3 amide bonds. The van der Waals surface area contributed by atoms with E-state index < -0.39 is 0 Å². The van der Waals surface area contributed by atoms with Crippen LogP contribution in [0.5, 0.6) is 5.75 Å². The maximum Gasteiger partial charge on any atom is 0.326 e. The van der Waals surface area contributed by atoms with E-state index >= 15 is 0 Å². The lowest BCUT2D eigenvalue weighted by Crippen LogP contribution is -2.33. The molecule has 30 heavy (non-hydrogen) atoms. The average Bonchev–Trinajstić information content (AvgIpc) is 3.40. The van der Waals surface area contributed by atoms with E-state index in [1.165, 1.54) is 0 Å². The summed E-state index contributed by atoms with van der Waals surface area (Å²) in [6.45, 7) is 4.31. The summed E-state index contributed by atoms with van der Waals surface area (Å²) in [5.41, 5.74) is 2.82. The van der Waals surface area contributed by atoms with Crippen molar-refractivity contribution in [3.63, 3.8) is 0 Å². The highest BCUT2D eigenvalue weighted by Crippen LogP contribution is 2.25. The van der Waals surface area contributed by atoms with Gasteiger partial charge in [0.25, 0.3) is 0 Å². The first-order valence-corrected chi connectivity index (χ1v) is 10.2. The minimum atomic E-state index is -0.181. The lowest BCUT2D eigenvalue weighted by atomic mass is 10.1. The number of fused-ring (bicyclic) bond motifs is 1. The van der Waals surface area contributed by atoms with E-state index in [2.05, 4.69) is 10.6 Å². The number of carbonyl (C=O) groups excluding carboxylic acids is 2. The fourth-order valence-electron chi connectivity index (χ4n) is 3.60. The number of urea groups is 1. The number of likely N-dealkylation sites (tertiary alicyclic amines) is 1. The summed E-state index contributed by atoms with van der Waals surface area (Å²) >= 11 is 0. The van der Waals surface area contributed by atoms with Crippen molar-refractivity contribution in [3.8, 4) is 5.75 Å². The highest BCUT2D eigenvalue weighted by Gasteiger charge is 2.27. The number of nitrogens with one attached hydrogen (secondary N) is 2. The van der Waals surface area contributed by atoms with Crippen molar-refractivity contribution in [1.82, 2.24) is 15.1 Å². The molecule has 2 N–H and O–H groups in total. The Bertz CT molecular complexity index is 891. The smallest absolute Gasteiger partial charge is 0.326 e. The Morgan fingerprint density at radius 1 is 1.27 bits per heavy atom. The van der Waals surface area contributed by atoms with E-state index in [1.807, 2.05) is 55.9 Å². The zero-order valence-electron chi connectivity index (χ0n) is 17.0. The van der Waals surface area contributed by atoms with Gasteiger partial charge in [-0.1, -0.05) is 0 Å². The summed E-state index contributed by atoms with van der Waals surface area (Å²) in [5, 5.41) is 5.94. The highest BCUT2D eigenvalue weighted by atomic mass is 16.5. The van der Waals surface area contributed by atoms with E-state index in [9.17, 15) is 9.59 Å². The van der Waals surface area contributed by atoms with Crippen molar-refractivity contribution in [2.45, 2.75) is 19.4 Å². The van der Waals surface area contributed by atoms with Crippen LogP contribution < -0.4 is 15.4 Å². The molecule has 0 bridgehead atoms. The number of hydrogen-bond donors (Lipinski definition) is 2. The standard InChI is InChI=1S/C22H26N4O4/c1-2-29-15-21(27)25-10-8-20(14-25)30-19-5-3-18(4-6-19)24-22(28)26-12-16-7-9-23-11-17(16)13-26/h3-7,9,11-12,20,23H,2,8,10,13-15H2,1H3,(H,24,28). The second-order valence-electron chi connectivity index (χ2n) is 7.34. The molecule has 3 aliphatic rings. The van der Waals surface area contributed by atoms with Gasteiger partial charge in [0.2, 0.25) is 5.91 Å². The summed E-state index contributed by atoms with van der Waals surface area (Å²) in [6.07, 6.45) is 8.29. The molecule has 4 rings (SSSR count). The third kappa shape index (κ3) is 4.65. The van der Waals surface area contributed by atoms with E-state index in [1.54, 1.807) is 9.80 Å². The largest absolute Gasteiger partial charge is 0.489 e. The van der Waals surface area contributed by atoms with Crippen molar-refractivity contribution in [1.29, 1.82) is 0 Å². The van der Waals surface area contributed by atoms with Crippen LogP contribution in [0, 0.1) is 0 Å². The van der Waals surface area contributed by atoms with Gasteiger partial charge in [-0.3, -0.25) is 9.69 Å². The van der Waals surface area contributed by atoms with Gasteiger partial charge in [-0.2, -0.15) is 0 Å². The second kappa shape index (κ2) is 9.04. The second-order valence-corrected chi connectivity index (χ2v) is 7.34. The van der Waals surface area contributed by atoms with Crippen LogP contribution in [0.25, 0.3) is 0 Å². The van der Waals surface area contributed by atoms with Crippen molar-refractivity contribution in [3.05, 3.63) is 60.1 Å². The van der Waals surface area contributed by atoms with Gasteiger partial charge in [0.05, 0.1) is 13.1 Å². The third-order valence-electron chi connectivity index (χ3n) is 5.22. The summed E-state index contributed by atoms with van der Waals surface area (Å²) in [5.74, 6) is 0.715. The third-order valence-corrected chi connectivity index (χ3v) is 5.22. The Hall–Kier alpha value is -3.26. The maximum atomic E-state index is 12.5. The molecule has 8 nitrogen and oxygen atoms in total. The zero-order valence-corrected chi connectivity index (χ0v) is 17.0. The normalized spacial score (nSPS) is 19.7. The summed E-state index contributed by atoms with van der Waals surface area (Å²) in [7, 11) is 0. The fourth-order valence-corrected chi connectivity index (χ4v) is 3.60. The molecule has 3 heterocycles. The molecule has 8 heteroatoms. The molecule has 0 aliphatic carbocycles. The van der Waals surface area contributed by atoms with Crippen molar-refractivity contribution in [2.24, 2.45) is 0 Å². The van der Waals surface area contributed by atoms with E-state index in [-0.39, 0.29) is 24.6 Å². The molecule has 1 atom stereocenters. The number of amides is 3. The first-order chi connectivity index (χ1) is 14.6. The molecule has 3 aliphatic heterocycles. The topological polar surface area (TPSA) is 83.1 Å². The van der Waals surface area contributed by atoms with Gasteiger partial charge in [0.15, 0.2) is 0 Å². The van der Waals surface area contributed by atoms with Crippen LogP contribution in [-0.2, 0) is 9.53 Å². The van der Waals surface area contributed by atoms with Gasteiger partial charge < -0.3 is 25.0 Å². The molecule has 0 spiro atoms. The number of nitrogens with zero attached hydrogens (tertiary/aromatic N) is 2. The first kappa shape index (κ1) is 20.0. The fraction of sp³-hybridized carbons (Fsp3) is 0.364. The molecule has 0 saturated carbocycles. The first-order valence-electron chi connectivity index (χ1n) is 10.2. The number of benzene rings is 1. The quantitative estimate of drug-likeness (QED) is 0.753. The van der Waals surface area contributed by atoms with Crippen LogP contribution >= 0.6 is 0 Å². The average molecular weight is 410 g/mol. The lowest BCUT2D eigenvalue weighted by Gasteiger charge is -2.18. The molecule has 0 radical (unpaired) electrons. The van der Waals surface area contributed by atoms with Gasteiger partial charge in [0.1, 0.15) is 18.5 Å². The van der Waals surface area contributed by atoms with Gasteiger partial charge in [-0.25, -0.2) is 4.79 Å². The molecule has 1 fully saturated rings. The zero-order chi connectivity index (χ0) is 20.9. The van der Waals surface area contributed by atoms with E-state index in [0.717, 1.165) is 17.6 Å². The summed E-state index contributed by atoms with van der Waals surface area (Å²) in [6, 6.07) is 7.11. The van der Waals surface area contributed by atoms with Crippen molar-refractivity contribution >= 4 is 17.6 Å². The molecule has 158 valence electrons. The Kier molecular flexibility index (Phi) is 6.04. The minimum Gasteiger partial charge on any atom is -0.489 e. The Morgan fingerprint density at radius 2 is 2.10 bits per heavy atom. The predicted octanol–water partition coefficient (Wildman–Crippen LogP) is 2.44. The van der Waals surface area contributed by atoms with Crippen LogP contribution in [0.2, 0.25) is 0 Å². The molecule has 1 saturated heterocycles. The maximum absolute atomic E-state index is 12.5. The van der Waals surface area contributed by atoms with Crippen LogP contribution in [0.1, 0.15) is 13.3 Å². The number of ether oxygens (including phenoxy) is 2. The van der Waals surface area contributed by atoms with Crippen molar-refractivity contribution in [2.75, 3.05) is 38.2 Å². The number of allylic oxidation sites excluding steroid dienone is 1. The molecule has 1 aromatic carbocycles. The van der Waals surface area contributed by atoms with Gasteiger partial charge in [0, 0.05) is 43.9 Å². The van der Waals surface area contributed by atoms with Gasteiger partial charge >= 0.3 is 6.03 Å². The molecule has 0 aromatic heterocycles. The molecule has 1 aromatic rings.